The van der Waals surface area contributed by atoms with E-state index in [-0.39, 0.29) is 11.6 Å². The predicted octanol–water partition coefficient (Wildman–Crippen LogP) is 6.18. The highest BCUT2D eigenvalue weighted by molar-refractivity contribution is 5.62. The fourth-order valence-corrected chi connectivity index (χ4v) is 2.94. The molecule has 0 radical (unpaired) electrons. The van der Waals surface area contributed by atoms with Crippen LogP contribution in [0.15, 0.2) is 70.9 Å². The van der Waals surface area contributed by atoms with Crippen molar-refractivity contribution in [3.05, 3.63) is 77.4 Å². The summed E-state index contributed by atoms with van der Waals surface area (Å²) >= 11 is 0. The number of nitrogens with zero attached hydrogens (tertiary/aromatic N) is 2. The Balaban J connectivity index is 1.85. The third-order valence-corrected chi connectivity index (χ3v) is 4.06. The Morgan fingerprint density at radius 2 is 1.65 bits per heavy atom. The van der Waals surface area contributed by atoms with Gasteiger partial charge < -0.3 is 0 Å². The monoisotopic (exact) mass is 304 g/mol. The molecule has 2 aromatic rings. The molecule has 2 aromatic carbocycles. The molecule has 1 aliphatic carbocycles. The van der Waals surface area contributed by atoms with Gasteiger partial charge in [0.15, 0.2) is 0 Å². The summed E-state index contributed by atoms with van der Waals surface area (Å²) in [7, 11) is 0. The highest BCUT2D eigenvalue weighted by Gasteiger charge is 2.22. The van der Waals surface area contributed by atoms with Gasteiger partial charge in [-0.1, -0.05) is 66.7 Å². The maximum absolute atomic E-state index is 4.69. The normalized spacial score (nSPS) is 18.3. The molecule has 0 spiro atoms. The summed E-state index contributed by atoms with van der Waals surface area (Å²) in [5.41, 5.74) is 3.82. The number of hydrogen-bond acceptors (Lipinski definition) is 2. The number of fused-ring (bicyclic) bond motifs is 1. The van der Waals surface area contributed by atoms with Crippen LogP contribution in [0.25, 0.3) is 6.08 Å². The summed E-state index contributed by atoms with van der Waals surface area (Å²) in [5, 5.41) is 9.22. The first-order valence-electron chi connectivity index (χ1n) is 8.27. The second-order valence-corrected chi connectivity index (χ2v) is 7.14. The van der Waals surface area contributed by atoms with Gasteiger partial charge in [-0.15, -0.1) is 0 Å². The van der Waals surface area contributed by atoms with Crippen molar-refractivity contribution in [2.24, 2.45) is 10.2 Å². The summed E-state index contributed by atoms with van der Waals surface area (Å²) in [6.07, 6.45) is 5.48. The quantitative estimate of drug-likeness (QED) is 0.603. The Morgan fingerprint density at radius 3 is 2.39 bits per heavy atom. The molecule has 0 saturated carbocycles. The van der Waals surface area contributed by atoms with Gasteiger partial charge in [-0.05, 0) is 43.9 Å². The minimum Gasteiger partial charge on any atom is -0.188 e. The fraction of sp³-hybridized carbons (Fsp3) is 0.333. The van der Waals surface area contributed by atoms with Gasteiger partial charge in [0.25, 0.3) is 0 Å². The van der Waals surface area contributed by atoms with Crippen molar-refractivity contribution in [1.29, 1.82) is 0 Å². The largest absolute Gasteiger partial charge is 0.188 e. The highest BCUT2D eigenvalue weighted by atomic mass is 15.2. The SMILES string of the molecule is CC(C)(C)N=NC(CC1C=Cc2ccccc21)c1ccccc1. The Kier molecular flexibility index (Phi) is 4.42. The zero-order valence-corrected chi connectivity index (χ0v) is 14.1. The standard InChI is InChI=1S/C21H24N2/c1-21(2,3)23-22-20(17-10-5-4-6-11-17)15-18-14-13-16-9-7-8-12-19(16)18/h4-14,18,20H,15H2,1-3H3. The summed E-state index contributed by atoms with van der Waals surface area (Å²) in [5.74, 6) is 0.412. The fourth-order valence-electron chi connectivity index (χ4n) is 2.94. The number of hydrogen-bond donors (Lipinski definition) is 0. The van der Waals surface area contributed by atoms with Crippen molar-refractivity contribution >= 4 is 6.08 Å². The van der Waals surface area contributed by atoms with Crippen LogP contribution in [-0.2, 0) is 0 Å². The van der Waals surface area contributed by atoms with Crippen molar-refractivity contribution in [3.63, 3.8) is 0 Å². The van der Waals surface area contributed by atoms with Gasteiger partial charge in [-0.3, -0.25) is 0 Å². The average Bonchev–Trinajstić information content (AvgIpc) is 2.94. The molecular weight excluding hydrogens is 280 g/mol. The van der Waals surface area contributed by atoms with Crippen molar-refractivity contribution in [3.8, 4) is 0 Å². The van der Waals surface area contributed by atoms with Crippen molar-refractivity contribution in [2.45, 2.75) is 44.7 Å². The molecule has 1 aliphatic rings. The average molecular weight is 304 g/mol. The number of azo groups is 1. The van der Waals surface area contributed by atoms with E-state index in [1.165, 1.54) is 16.7 Å². The Bertz CT molecular complexity index is 708. The van der Waals surface area contributed by atoms with Crippen LogP contribution in [-0.4, -0.2) is 5.54 Å². The second kappa shape index (κ2) is 6.49. The molecule has 0 amide bonds. The molecule has 0 saturated heterocycles. The zero-order valence-electron chi connectivity index (χ0n) is 14.1. The molecule has 0 N–H and O–H groups in total. The van der Waals surface area contributed by atoms with Crippen LogP contribution in [0, 0.1) is 0 Å². The lowest BCUT2D eigenvalue weighted by atomic mass is 9.91. The van der Waals surface area contributed by atoms with Gasteiger partial charge in [0.2, 0.25) is 0 Å². The van der Waals surface area contributed by atoms with Gasteiger partial charge >= 0.3 is 0 Å². The molecule has 0 heterocycles. The number of benzene rings is 2. The summed E-state index contributed by atoms with van der Waals surface area (Å²) in [6.45, 7) is 6.26. The van der Waals surface area contributed by atoms with E-state index in [4.69, 9.17) is 5.11 Å². The van der Waals surface area contributed by atoms with E-state index in [0.717, 1.165) is 6.42 Å². The third-order valence-electron chi connectivity index (χ3n) is 4.06. The highest BCUT2D eigenvalue weighted by Crippen LogP contribution is 2.38. The smallest absolute Gasteiger partial charge is 0.0966 e. The predicted molar refractivity (Wildman–Crippen MR) is 96.6 cm³/mol. The summed E-state index contributed by atoms with van der Waals surface area (Å²) in [6, 6.07) is 19.2. The zero-order chi connectivity index (χ0) is 16.3. The van der Waals surface area contributed by atoms with Gasteiger partial charge in [0.1, 0.15) is 0 Å². The minimum atomic E-state index is -0.142. The topological polar surface area (TPSA) is 24.7 Å². The third kappa shape index (κ3) is 3.95. The van der Waals surface area contributed by atoms with E-state index in [1.54, 1.807) is 0 Å². The van der Waals surface area contributed by atoms with Crippen LogP contribution in [0.5, 0.6) is 0 Å². The minimum absolute atomic E-state index is 0.0937. The van der Waals surface area contributed by atoms with Gasteiger partial charge in [0, 0.05) is 5.92 Å². The van der Waals surface area contributed by atoms with Crippen LogP contribution in [0.4, 0.5) is 0 Å². The van der Waals surface area contributed by atoms with Gasteiger partial charge in [0.05, 0.1) is 11.6 Å². The molecular formula is C21H24N2. The molecule has 0 bridgehead atoms. The summed E-state index contributed by atoms with van der Waals surface area (Å²) in [4.78, 5) is 0. The number of allylic oxidation sites excluding steroid dienone is 1. The lowest BCUT2D eigenvalue weighted by Crippen LogP contribution is -2.10. The lowest BCUT2D eigenvalue weighted by Gasteiger charge is -2.19. The molecule has 2 nitrogen and oxygen atoms in total. The van der Waals surface area contributed by atoms with E-state index < -0.39 is 0 Å². The van der Waals surface area contributed by atoms with Crippen LogP contribution in [0.2, 0.25) is 0 Å². The molecule has 118 valence electrons. The molecule has 0 aromatic heterocycles. The Morgan fingerprint density at radius 1 is 0.957 bits per heavy atom. The molecule has 2 heteroatoms. The van der Waals surface area contributed by atoms with Crippen LogP contribution < -0.4 is 0 Å². The van der Waals surface area contributed by atoms with E-state index in [1.807, 2.05) is 6.07 Å². The molecule has 2 atom stereocenters. The first-order chi connectivity index (χ1) is 11.0. The second-order valence-electron chi connectivity index (χ2n) is 7.14. The molecule has 3 rings (SSSR count). The van der Waals surface area contributed by atoms with Gasteiger partial charge in [-0.25, -0.2) is 0 Å². The molecule has 23 heavy (non-hydrogen) atoms. The van der Waals surface area contributed by atoms with Crippen molar-refractivity contribution in [2.75, 3.05) is 0 Å². The van der Waals surface area contributed by atoms with Crippen molar-refractivity contribution in [1.82, 2.24) is 0 Å². The molecule has 0 aliphatic heterocycles. The van der Waals surface area contributed by atoms with E-state index in [2.05, 4.69) is 86.6 Å². The number of rotatable bonds is 4. The maximum Gasteiger partial charge on any atom is 0.0966 e. The summed E-state index contributed by atoms with van der Waals surface area (Å²) < 4.78 is 0. The lowest BCUT2D eigenvalue weighted by molar-refractivity contribution is 0.493. The first-order valence-corrected chi connectivity index (χ1v) is 8.27. The van der Waals surface area contributed by atoms with E-state index in [0.29, 0.717) is 5.92 Å². The Hall–Kier alpha value is -2.22. The van der Waals surface area contributed by atoms with Crippen LogP contribution >= 0.6 is 0 Å². The van der Waals surface area contributed by atoms with Crippen molar-refractivity contribution < 1.29 is 0 Å². The van der Waals surface area contributed by atoms with Crippen LogP contribution in [0.3, 0.4) is 0 Å². The van der Waals surface area contributed by atoms with Crippen LogP contribution in [0.1, 0.15) is 55.8 Å². The van der Waals surface area contributed by atoms with E-state index in [9.17, 15) is 0 Å². The Labute approximate surface area is 139 Å². The first kappa shape index (κ1) is 15.7. The maximum atomic E-state index is 4.69. The van der Waals surface area contributed by atoms with E-state index >= 15 is 0 Å². The molecule has 2 unspecified atom stereocenters. The van der Waals surface area contributed by atoms with Gasteiger partial charge in [-0.2, -0.15) is 10.2 Å². The molecule has 0 fully saturated rings.